The van der Waals surface area contributed by atoms with E-state index in [1.54, 1.807) is 0 Å². The van der Waals surface area contributed by atoms with E-state index in [1.165, 1.54) is 13.2 Å². The fraction of sp³-hybridized carbons (Fsp3) is 0.375. The number of benzene rings is 2. The first kappa shape index (κ1) is 25.5. The Morgan fingerprint density at radius 3 is 2.32 bits per heavy atom. The highest BCUT2D eigenvalue weighted by Crippen LogP contribution is 2.41. The van der Waals surface area contributed by atoms with Gasteiger partial charge in [-0.3, -0.25) is 0 Å². The second-order valence-corrected chi connectivity index (χ2v) is 7.59. The van der Waals surface area contributed by atoms with Crippen LogP contribution >= 0.6 is 0 Å². The standard InChI is InChI=1S/C24H22F6O4/c1-3-5-13-6-9-16(33-12-13)14-7-8-15(21(26)20(14)25)23(31)34-18-11-10-17(32-4-2)19(22(18)27)24(28,29)30/h7-8,10-12,16H,3-6,9H2,1-2H3. The molecule has 0 saturated heterocycles. The lowest BCUT2D eigenvalue weighted by molar-refractivity contribution is -0.141. The van der Waals surface area contributed by atoms with Gasteiger partial charge in [0.25, 0.3) is 0 Å². The molecule has 184 valence electrons. The SMILES string of the molecule is CCCC1=COC(c2ccc(C(=O)Oc3ccc(OCC)c(C(F)(F)F)c3F)c(F)c2F)CC1. The van der Waals surface area contributed by atoms with Gasteiger partial charge in [-0.1, -0.05) is 19.4 Å². The summed E-state index contributed by atoms with van der Waals surface area (Å²) in [5.41, 5.74) is -1.74. The lowest BCUT2D eigenvalue weighted by atomic mass is 9.96. The van der Waals surface area contributed by atoms with Crippen molar-refractivity contribution < 1.29 is 45.3 Å². The molecule has 34 heavy (non-hydrogen) atoms. The van der Waals surface area contributed by atoms with Crippen molar-refractivity contribution in [3.8, 4) is 11.5 Å². The van der Waals surface area contributed by atoms with Crippen LogP contribution in [0, 0.1) is 17.5 Å². The molecule has 2 aromatic carbocycles. The van der Waals surface area contributed by atoms with Crippen molar-refractivity contribution in [2.75, 3.05) is 6.61 Å². The molecule has 0 N–H and O–H groups in total. The molecule has 1 heterocycles. The number of hydrogen-bond donors (Lipinski definition) is 0. The van der Waals surface area contributed by atoms with Gasteiger partial charge in [-0.2, -0.15) is 13.2 Å². The van der Waals surface area contributed by atoms with Crippen LogP contribution in [0.4, 0.5) is 26.3 Å². The quantitative estimate of drug-likeness (QED) is 0.234. The number of carbonyl (C=O) groups excluding carboxylic acids is 1. The Bertz CT molecular complexity index is 1090. The van der Waals surface area contributed by atoms with Crippen molar-refractivity contribution in [2.24, 2.45) is 0 Å². The number of halogens is 6. The van der Waals surface area contributed by atoms with E-state index < -0.39 is 58.3 Å². The molecule has 0 fully saturated rings. The summed E-state index contributed by atoms with van der Waals surface area (Å²) in [6, 6.07) is 3.57. The third kappa shape index (κ3) is 5.31. The summed E-state index contributed by atoms with van der Waals surface area (Å²) in [7, 11) is 0. The summed E-state index contributed by atoms with van der Waals surface area (Å²) in [6.45, 7) is 3.24. The summed E-state index contributed by atoms with van der Waals surface area (Å²) in [6.07, 6.45) is -1.61. The van der Waals surface area contributed by atoms with Crippen molar-refractivity contribution >= 4 is 5.97 Å². The Balaban J connectivity index is 1.86. The van der Waals surface area contributed by atoms with E-state index in [0.29, 0.717) is 12.8 Å². The Morgan fingerprint density at radius 2 is 1.74 bits per heavy atom. The maximum atomic E-state index is 14.7. The molecule has 3 rings (SSSR count). The zero-order chi connectivity index (χ0) is 25.0. The molecule has 1 aliphatic rings. The van der Waals surface area contributed by atoms with Gasteiger partial charge in [0.2, 0.25) is 0 Å². The molecular weight excluding hydrogens is 466 g/mol. The monoisotopic (exact) mass is 488 g/mol. The summed E-state index contributed by atoms with van der Waals surface area (Å²) >= 11 is 0. The van der Waals surface area contributed by atoms with Crippen molar-refractivity contribution in [3.05, 3.63) is 70.2 Å². The molecule has 0 bridgehead atoms. The molecule has 0 amide bonds. The second-order valence-electron chi connectivity index (χ2n) is 7.59. The first-order valence-corrected chi connectivity index (χ1v) is 10.6. The molecule has 4 nitrogen and oxygen atoms in total. The minimum Gasteiger partial charge on any atom is -0.493 e. The number of alkyl halides is 3. The van der Waals surface area contributed by atoms with Crippen LogP contribution < -0.4 is 9.47 Å². The molecule has 0 saturated carbocycles. The highest BCUT2D eigenvalue weighted by Gasteiger charge is 2.40. The van der Waals surface area contributed by atoms with Gasteiger partial charge in [0.15, 0.2) is 23.2 Å². The molecule has 10 heteroatoms. The third-order valence-electron chi connectivity index (χ3n) is 5.23. The number of esters is 1. The lowest BCUT2D eigenvalue weighted by Crippen LogP contribution is -2.17. The van der Waals surface area contributed by atoms with Crippen LogP contribution in [-0.4, -0.2) is 12.6 Å². The van der Waals surface area contributed by atoms with Crippen LogP contribution in [0.2, 0.25) is 0 Å². The molecule has 1 unspecified atom stereocenters. The molecule has 0 aromatic heterocycles. The fourth-order valence-corrected chi connectivity index (χ4v) is 3.64. The zero-order valence-corrected chi connectivity index (χ0v) is 18.4. The van der Waals surface area contributed by atoms with Gasteiger partial charge in [-0.25, -0.2) is 18.0 Å². The first-order chi connectivity index (χ1) is 16.1. The number of hydrogen-bond acceptors (Lipinski definition) is 4. The van der Waals surface area contributed by atoms with E-state index in [9.17, 15) is 31.1 Å². The smallest absolute Gasteiger partial charge is 0.422 e. The molecular formula is C24H22F6O4. The highest BCUT2D eigenvalue weighted by molar-refractivity contribution is 5.91. The topological polar surface area (TPSA) is 44.8 Å². The van der Waals surface area contributed by atoms with Gasteiger partial charge >= 0.3 is 12.1 Å². The van der Waals surface area contributed by atoms with E-state index in [4.69, 9.17) is 9.47 Å². The van der Waals surface area contributed by atoms with E-state index in [0.717, 1.165) is 42.7 Å². The van der Waals surface area contributed by atoms with Crippen LogP contribution in [0.15, 0.2) is 36.1 Å². The van der Waals surface area contributed by atoms with E-state index in [2.05, 4.69) is 4.74 Å². The third-order valence-corrected chi connectivity index (χ3v) is 5.23. The molecule has 0 spiro atoms. The van der Waals surface area contributed by atoms with Crippen molar-refractivity contribution in [2.45, 2.75) is 51.8 Å². The van der Waals surface area contributed by atoms with Crippen LogP contribution in [0.25, 0.3) is 0 Å². The number of carbonyl (C=O) groups is 1. The van der Waals surface area contributed by atoms with E-state index in [1.807, 2.05) is 6.92 Å². The molecule has 1 aliphatic heterocycles. The van der Waals surface area contributed by atoms with Crippen LogP contribution in [0.5, 0.6) is 11.5 Å². The predicted octanol–water partition coefficient (Wildman–Crippen LogP) is 7.28. The van der Waals surface area contributed by atoms with E-state index >= 15 is 0 Å². The maximum absolute atomic E-state index is 14.7. The second kappa shape index (κ2) is 10.4. The number of allylic oxidation sites excluding steroid dienone is 1. The van der Waals surface area contributed by atoms with Crippen molar-refractivity contribution in [1.82, 2.24) is 0 Å². The first-order valence-electron chi connectivity index (χ1n) is 10.6. The van der Waals surface area contributed by atoms with Crippen LogP contribution in [-0.2, 0) is 10.9 Å². The van der Waals surface area contributed by atoms with Gasteiger partial charge in [-0.15, -0.1) is 0 Å². The van der Waals surface area contributed by atoms with Gasteiger partial charge < -0.3 is 14.2 Å². The average molecular weight is 488 g/mol. The summed E-state index contributed by atoms with van der Waals surface area (Å²) in [5.74, 6) is -8.29. The van der Waals surface area contributed by atoms with Gasteiger partial charge in [0, 0.05) is 5.56 Å². The van der Waals surface area contributed by atoms with Crippen LogP contribution in [0.1, 0.15) is 67.1 Å². The number of ether oxygens (including phenoxy) is 3. The Hall–Kier alpha value is -3.17. The van der Waals surface area contributed by atoms with Crippen molar-refractivity contribution in [1.29, 1.82) is 0 Å². The fourth-order valence-electron chi connectivity index (χ4n) is 3.64. The molecule has 2 aromatic rings. The zero-order valence-electron chi connectivity index (χ0n) is 18.4. The molecule has 1 atom stereocenters. The predicted molar refractivity (Wildman–Crippen MR) is 110 cm³/mol. The number of rotatable bonds is 7. The van der Waals surface area contributed by atoms with Gasteiger partial charge in [0.1, 0.15) is 17.4 Å². The molecule has 0 aliphatic carbocycles. The van der Waals surface area contributed by atoms with Gasteiger partial charge in [0.05, 0.1) is 18.4 Å². The Morgan fingerprint density at radius 1 is 1.03 bits per heavy atom. The van der Waals surface area contributed by atoms with Crippen LogP contribution in [0.3, 0.4) is 0 Å². The van der Waals surface area contributed by atoms with E-state index in [-0.39, 0.29) is 12.2 Å². The largest absolute Gasteiger partial charge is 0.493 e. The summed E-state index contributed by atoms with van der Waals surface area (Å²) in [4.78, 5) is 12.4. The summed E-state index contributed by atoms with van der Waals surface area (Å²) < 4.78 is 98.7. The maximum Gasteiger partial charge on any atom is 0.422 e. The van der Waals surface area contributed by atoms with Crippen molar-refractivity contribution in [3.63, 3.8) is 0 Å². The Labute approximate surface area is 192 Å². The normalized spacial score (nSPS) is 16.0. The summed E-state index contributed by atoms with van der Waals surface area (Å²) in [5, 5.41) is 0. The highest BCUT2D eigenvalue weighted by atomic mass is 19.4. The lowest BCUT2D eigenvalue weighted by Gasteiger charge is -2.24. The minimum absolute atomic E-state index is 0.118. The van der Waals surface area contributed by atoms with Gasteiger partial charge in [-0.05, 0) is 50.0 Å². The minimum atomic E-state index is -5.15. The average Bonchev–Trinajstić information content (AvgIpc) is 2.77. The molecule has 0 radical (unpaired) electrons. The Kier molecular flexibility index (Phi) is 7.78.